The van der Waals surface area contributed by atoms with Crippen LogP contribution in [0.1, 0.15) is 48.5 Å². The number of aliphatic imine (C=N–C) groups is 1. The maximum Gasteiger partial charge on any atom is 0.126 e. The van der Waals surface area contributed by atoms with Gasteiger partial charge in [0, 0.05) is 6.20 Å². The maximum atomic E-state index is 5.71. The second-order valence-corrected chi connectivity index (χ2v) is 4.48. The summed E-state index contributed by atoms with van der Waals surface area (Å²) in [6, 6.07) is 0. The largest absolute Gasteiger partial charge is 0.488 e. The molecule has 0 bridgehead atoms. The highest BCUT2D eigenvalue weighted by Crippen LogP contribution is 2.12. The molecule has 0 amide bonds. The molecule has 20 heavy (non-hydrogen) atoms. The van der Waals surface area contributed by atoms with Gasteiger partial charge in [-0.3, -0.25) is 4.99 Å². The van der Waals surface area contributed by atoms with E-state index in [1.807, 2.05) is 39.8 Å². The smallest absolute Gasteiger partial charge is 0.126 e. The highest BCUT2D eigenvalue weighted by Gasteiger charge is 2.00. The zero-order valence-electron chi connectivity index (χ0n) is 14.2. The number of nitrogens with zero attached hydrogens (tertiary/aromatic N) is 1. The van der Waals surface area contributed by atoms with Crippen molar-refractivity contribution in [3.63, 3.8) is 0 Å². The van der Waals surface area contributed by atoms with Gasteiger partial charge < -0.3 is 4.74 Å². The molecule has 0 aromatic carbocycles. The first-order valence-electron chi connectivity index (χ1n) is 7.29. The van der Waals surface area contributed by atoms with E-state index in [4.69, 9.17) is 4.74 Å². The number of allylic oxidation sites excluding steroid dienone is 5. The Kier molecular flexibility index (Phi) is 14.4. The molecule has 0 fully saturated rings. The van der Waals surface area contributed by atoms with Crippen molar-refractivity contribution in [1.82, 2.24) is 0 Å². The van der Waals surface area contributed by atoms with Crippen LogP contribution in [-0.2, 0) is 4.74 Å². The van der Waals surface area contributed by atoms with Crippen molar-refractivity contribution < 1.29 is 4.74 Å². The third-order valence-corrected chi connectivity index (χ3v) is 2.45. The first kappa shape index (κ1) is 20.7. The van der Waals surface area contributed by atoms with E-state index in [9.17, 15) is 0 Å². The summed E-state index contributed by atoms with van der Waals surface area (Å²) in [4.78, 5) is 4.23. The molecule has 0 saturated carbocycles. The summed E-state index contributed by atoms with van der Waals surface area (Å²) in [7, 11) is 0. The van der Waals surface area contributed by atoms with Crippen molar-refractivity contribution in [3.8, 4) is 0 Å². The molecule has 0 radical (unpaired) electrons. The quantitative estimate of drug-likeness (QED) is 0.332. The van der Waals surface area contributed by atoms with Crippen LogP contribution in [0.2, 0.25) is 0 Å². The number of rotatable bonds is 7. The Hall–Kier alpha value is -1.57. The zero-order chi connectivity index (χ0) is 16.0. The third kappa shape index (κ3) is 11.5. The summed E-state index contributed by atoms with van der Waals surface area (Å²) < 4.78 is 5.71. The fourth-order valence-electron chi connectivity index (χ4n) is 1.07. The zero-order valence-corrected chi connectivity index (χ0v) is 14.2. The van der Waals surface area contributed by atoms with Gasteiger partial charge in [0.2, 0.25) is 0 Å². The fraction of sp³-hybridized carbons (Fsp3) is 0.500. The Labute approximate surface area is 125 Å². The molecule has 0 rings (SSSR count). The summed E-state index contributed by atoms with van der Waals surface area (Å²) in [5, 5.41) is 0. The molecule has 0 aliphatic rings. The van der Waals surface area contributed by atoms with Crippen LogP contribution in [0.3, 0.4) is 0 Å². The molecule has 0 aliphatic heterocycles. The first-order valence-corrected chi connectivity index (χ1v) is 7.29. The van der Waals surface area contributed by atoms with E-state index in [1.54, 1.807) is 12.3 Å². The van der Waals surface area contributed by atoms with Crippen LogP contribution >= 0.6 is 0 Å². The van der Waals surface area contributed by atoms with Gasteiger partial charge in [0.15, 0.2) is 0 Å². The van der Waals surface area contributed by atoms with E-state index in [1.165, 1.54) is 5.57 Å². The summed E-state index contributed by atoms with van der Waals surface area (Å²) >= 11 is 0. The number of hydrogen-bond acceptors (Lipinski definition) is 2. The molecule has 2 heteroatoms. The Bertz CT molecular complexity index is 371. The standard InChI is InChI=1S/C16H25NO.C2H6/c1-7-9-16(11-14(5)13(3)4)18-12-15(6)17-10-8-2;1-2/h7-11,13H,1,12H2,2-6H3;1-2H3/b10-8-,14-11+,16-9+,17-15?;. The minimum absolute atomic E-state index is 0.492. The van der Waals surface area contributed by atoms with E-state index >= 15 is 0 Å². The van der Waals surface area contributed by atoms with Crippen LogP contribution < -0.4 is 0 Å². The third-order valence-electron chi connectivity index (χ3n) is 2.45. The van der Waals surface area contributed by atoms with Gasteiger partial charge in [-0.15, -0.1) is 0 Å². The molecule has 0 aromatic rings. The van der Waals surface area contributed by atoms with Crippen molar-refractivity contribution >= 4 is 5.71 Å². The predicted molar refractivity (Wildman–Crippen MR) is 92.1 cm³/mol. The molecule has 0 N–H and O–H groups in total. The van der Waals surface area contributed by atoms with Gasteiger partial charge in [-0.05, 0) is 38.8 Å². The summed E-state index contributed by atoms with van der Waals surface area (Å²) in [6.45, 7) is 18.5. The van der Waals surface area contributed by atoms with Crippen LogP contribution in [-0.4, -0.2) is 12.3 Å². The lowest BCUT2D eigenvalue weighted by atomic mass is 10.0. The average Bonchev–Trinajstić information content (AvgIpc) is 2.44. The predicted octanol–water partition coefficient (Wildman–Crippen LogP) is 5.70. The topological polar surface area (TPSA) is 21.6 Å². The molecule has 114 valence electrons. The second kappa shape index (κ2) is 13.9. The Balaban J connectivity index is 0. The van der Waals surface area contributed by atoms with Gasteiger partial charge >= 0.3 is 0 Å². The summed E-state index contributed by atoms with van der Waals surface area (Å²) in [6.07, 6.45) is 9.32. The van der Waals surface area contributed by atoms with Gasteiger partial charge in [0.05, 0.1) is 5.71 Å². The highest BCUT2D eigenvalue weighted by molar-refractivity contribution is 5.83. The molecule has 0 aliphatic carbocycles. The molecule has 0 heterocycles. The minimum atomic E-state index is 0.492. The van der Waals surface area contributed by atoms with Gasteiger partial charge in [0.25, 0.3) is 0 Å². The molecular formula is C18H31NO. The molecule has 0 saturated heterocycles. The lowest BCUT2D eigenvalue weighted by Crippen LogP contribution is -2.04. The normalized spacial score (nSPS) is 13.3. The van der Waals surface area contributed by atoms with Crippen LogP contribution in [0.4, 0.5) is 0 Å². The first-order chi connectivity index (χ1) is 9.51. The fourth-order valence-corrected chi connectivity index (χ4v) is 1.07. The Morgan fingerprint density at radius 1 is 1.25 bits per heavy atom. The lowest BCUT2D eigenvalue weighted by Gasteiger charge is -2.09. The van der Waals surface area contributed by atoms with E-state index in [2.05, 4.69) is 38.4 Å². The Morgan fingerprint density at radius 3 is 2.30 bits per heavy atom. The van der Waals surface area contributed by atoms with Crippen LogP contribution in [0, 0.1) is 5.92 Å². The average molecular weight is 277 g/mol. The number of ether oxygens (including phenoxy) is 1. The lowest BCUT2D eigenvalue weighted by molar-refractivity contribution is 0.272. The van der Waals surface area contributed by atoms with Crippen molar-refractivity contribution in [1.29, 1.82) is 0 Å². The molecule has 0 aromatic heterocycles. The Morgan fingerprint density at radius 2 is 1.85 bits per heavy atom. The molecule has 0 unspecified atom stereocenters. The van der Waals surface area contributed by atoms with E-state index in [-0.39, 0.29) is 0 Å². The van der Waals surface area contributed by atoms with Gasteiger partial charge in [0.1, 0.15) is 12.4 Å². The molecule has 2 nitrogen and oxygen atoms in total. The maximum absolute atomic E-state index is 5.71. The molecular weight excluding hydrogens is 246 g/mol. The SMILES string of the molecule is C=C/C=C(\C=C(/C)C(C)C)OCC(C)=N/C=C\C.CC. The van der Waals surface area contributed by atoms with E-state index in [0.717, 1.165) is 11.5 Å². The van der Waals surface area contributed by atoms with Crippen LogP contribution in [0.5, 0.6) is 0 Å². The monoisotopic (exact) mass is 277 g/mol. The second-order valence-electron chi connectivity index (χ2n) is 4.48. The molecule has 0 atom stereocenters. The number of hydrogen-bond donors (Lipinski definition) is 0. The van der Waals surface area contributed by atoms with Crippen LogP contribution in [0.25, 0.3) is 0 Å². The summed E-state index contributed by atoms with van der Waals surface area (Å²) in [5.74, 6) is 1.34. The van der Waals surface area contributed by atoms with E-state index < -0.39 is 0 Å². The van der Waals surface area contributed by atoms with Gasteiger partial charge in [-0.2, -0.15) is 0 Å². The highest BCUT2D eigenvalue weighted by atomic mass is 16.5. The van der Waals surface area contributed by atoms with E-state index in [0.29, 0.717) is 12.5 Å². The van der Waals surface area contributed by atoms with Crippen molar-refractivity contribution in [3.05, 3.63) is 48.4 Å². The molecule has 0 spiro atoms. The van der Waals surface area contributed by atoms with Crippen molar-refractivity contribution in [2.45, 2.75) is 48.5 Å². The van der Waals surface area contributed by atoms with Crippen molar-refractivity contribution in [2.24, 2.45) is 10.9 Å². The van der Waals surface area contributed by atoms with Crippen molar-refractivity contribution in [2.75, 3.05) is 6.61 Å². The van der Waals surface area contributed by atoms with Crippen LogP contribution in [0.15, 0.2) is 53.4 Å². The van der Waals surface area contributed by atoms with Gasteiger partial charge in [-0.25, -0.2) is 0 Å². The van der Waals surface area contributed by atoms with Gasteiger partial charge in [-0.1, -0.05) is 52.0 Å². The minimum Gasteiger partial charge on any atom is -0.488 e. The summed E-state index contributed by atoms with van der Waals surface area (Å²) in [5.41, 5.74) is 2.23.